The van der Waals surface area contributed by atoms with Crippen molar-refractivity contribution in [2.75, 3.05) is 12.3 Å². The van der Waals surface area contributed by atoms with Crippen LogP contribution < -0.4 is 5.73 Å². The predicted octanol–water partition coefficient (Wildman–Crippen LogP) is 4.09. The van der Waals surface area contributed by atoms with Crippen LogP contribution in [0, 0.1) is 5.82 Å². The van der Waals surface area contributed by atoms with Gasteiger partial charge in [-0.3, -0.25) is 0 Å². The first-order chi connectivity index (χ1) is 9.63. The zero-order valence-corrected chi connectivity index (χ0v) is 12.0. The smallest absolute Gasteiger partial charge is 0.341 e. The van der Waals surface area contributed by atoms with E-state index < -0.39 is 5.97 Å². The lowest BCUT2D eigenvalue weighted by Crippen LogP contribution is -2.08. The Labute approximate surface area is 121 Å². The number of ether oxygens (including phenoxy) is 1. The molecule has 2 N–H and O–H groups in total. The molecular weight excluding hydrogens is 277 g/mol. The third kappa shape index (κ3) is 3.17. The summed E-state index contributed by atoms with van der Waals surface area (Å²) in [6.45, 7) is 2.41. The maximum absolute atomic E-state index is 13.0. The van der Waals surface area contributed by atoms with Crippen molar-refractivity contribution in [1.82, 2.24) is 0 Å². The third-order valence-electron chi connectivity index (χ3n) is 2.91. The Morgan fingerprint density at radius 2 is 2.05 bits per heavy atom. The van der Waals surface area contributed by atoms with Crippen LogP contribution in [-0.4, -0.2) is 12.6 Å². The van der Waals surface area contributed by atoms with Crippen molar-refractivity contribution < 1.29 is 13.9 Å². The summed E-state index contributed by atoms with van der Waals surface area (Å²) in [6.07, 6.45) is 1.78. The summed E-state index contributed by atoms with van der Waals surface area (Å²) in [4.78, 5) is 12.1. The molecule has 3 nitrogen and oxygen atoms in total. The number of nitrogen functional groups attached to an aromatic ring is 1. The number of rotatable bonds is 5. The SMILES string of the molecule is CCCCOC(=O)c1c(-c2ccc(F)cc2)csc1N. The highest BCUT2D eigenvalue weighted by Gasteiger charge is 2.19. The van der Waals surface area contributed by atoms with E-state index in [1.165, 1.54) is 23.5 Å². The minimum absolute atomic E-state index is 0.316. The van der Waals surface area contributed by atoms with E-state index in [0.29, 0.717) is 22.7 Å². The fourth-order valence-electron chi connectivity index (χ4n) is 1.81. The van der Waals surface area contributed by atoms with Crippen LogP contribution in [0.1, 0.15) is 30.1 Å². The second-order valence-corrected chi connectivity index (χ2v) is 5.30. The number of esters is 1. The van der Waals surface area contributed by atoms with Gasteiger partial charge in [0.25, 0.3) is 0 Å². The molecule has 0 saturated carbocycles. The first kappa shape index (κ1) is 14.5. The summed E-state index contributed by atoms with van der Waals surface area (Å²) < 4.78 is 18.2. The molecule has 0 spiro atoms. The molecule has 106 valence electrons. The van der Waals surface area contributed by atoms with Crippen molar-refractivity contribution in [2.45, 2.75) is 19.8 Å². The summed E-state index contributed by atoms with van der Waals surface area (Å²) >= 11 is 1.28. The largest absolute Gasteiger partial charge is 0.462 e. The Morgan fingerprint density at radius 1 is 1.35 bits per heavy atom. The summed E-state index contributed by atoms with van der Waals surface area (Å²) in [7, 11) is 0. The molecule has 0 aliphatic rings. The fraction of sp³-hybridized carbons (Fsp3) is 0.267. The van der Waals surface area contributed by atoms with E-state index in [1.807, 2.05) is 6.92 Å². The molecule has 1 heterocycles. The minimum atomic E-state index is -0.420. The summed E-state index contributed by atoms with van der Waals surface area (Å²) in [5.41, 5.74) is 7.67. The number of nitrogens with two attached hydrogens (primary N) is 1. The lowest BCUT2D eigenvalue weighted by atomic mass is 10.0. The van der Waals surface area contributed by atoms with Gasteiger partial charge in [-0.2, -0.15) is 0 Å². The van der Waals surface area contributed by atoms with E-state index in [2.05, 4.69) is 0 Å². The van der Waals surface area contributed by atoms with Gasteiger partial charge in [-0.1, -0.05) is 25.5 Å². The lowest BCUT2D eigenvalue weighted by Gasteiger charge is -2.06. The first-order valence-corrected chi connectivity index (χ1v) is 7.31. The highest BCUT2D eigenvalue weighted by Crippen LogP contribution is 2.34. The molecule has 5 heteroatoms. The maximum Gasteiger partial charge on any atom is 0.341 e. The Balaban J connectivity index is 2.27. The molecule has 0 aliphatic heterocycles. The number of thiophene rings is 1. The first-order valence-electron chi connectivity index (χ1n) is 6.43. The van der Waals surface area contributed by atoms with Crippen LogP contribution >= 0.6 is 11.3 Å². The zero-order valence-electron chi connectivity index (χ0n) is 11.2. The molecule has 0 unspecified atom stereocenters. The quantitative estimate of drug-likeness (QED) is 0.667. The van der Waals surface area contributed by atoms with Crippen LogP contribution in [0.15, 0.2) is 29.6 Å². The molecule has 1 aromatic carbocycles. The van der Waals surface area contributed by atoms with Gasteiger partial charge in [0.1, 0.15) is 16.4 Å². The molecule has 2 aromatic rings. The third-order valence-corrected chi connectivity index (χ3v) is 3.72. The van der Waals surface area contributed by atoms with Crippen LogP contribution in [0.3, 0.4) is 0 Å². The van der Waals surface area contributed by atoms with Crippen molar-refractivity contribution in [3.05, 3.63) is 41.0 Å². The molecule has 0 bridgehead atoms. The van der Waals surface area contributed by atoms with Crippen molar-refractivity contribution in [3.63, 3.8) is 0 Å². The zero-order chi connectivity index (χ0) is 14.5. The van der Waals surface area contributed by atoms with Gasteiger partial charge in [0.2, 0.25) is 0 Å². The van der Waals surface area contributed by atoms with E-state index in [1.54, 1.807) is 17.5 Å². The standard InChI is InChI=1S/C15H16FNO2S/c1-2-3-8-19-15(18)13-12(9-20-14(13)17)10-4-6-11(16)7-5-10/h4-7,9H,2-3,8,17H2,1H3. The van der Waals surface area contributed by atoms with Crippen LogP contribution in [-0.2, 0) is 4.74 Å². The van der Waals surface area contributed by atoms with Crippen molar-refractivity contribution >= 4 is 22.3 Å². The van der Waals surface area contributed by atoms with Crippen LogP contribution in [0.2, 0.25) is 0 Å². The molecule has 0 fully saturated rings. The Morgan fingerprint density at radius 3 is 2.70 bits per heavy atom. The van der Waals surface area contributed by atoms with Gasteiger partial charge < -0.3 is 10.5 Å². The molecule has 0 saturated heterocycles. The molecule has 1 aromatic heterocycles. The molecule has 0 amide bonds. The number of anilines is 1. The molecule has 0 radical (unpaired) electrons. The minimum Gasteiger partial charge on any atom is -0.462 e. The molecule has 20 heavy (non-hydrogen) atoms. The number of hydrogen-bond donors (Lipinski definition) is 1. The van der Waals surface area contributed by atoms with E-state index in [-0.39, 0.29) is 5.82 Å². The lowest BCUT2D eigenvalue weighted by molar-refractivity contribution is 0.0502. The predicted molar refractivity (Wildman–Crippen MR) is 79.3 cm³/mol. The number of carbonyl (C=O) groups excluding carboxylic acids is 1. The number of hydrogen-bond acceptors (Lipinski definition) is 4. The number of unbranched alkanes of at least 4 members (excludes halogenated alkanes) is 1. The highest BCUT2D eigenvalue weighted by atomic mass is 32.1. The van der Waals surface area contributed by atoms with Crippen molar-refractivity contribution in [1.29, 1.82) is 0 Å². The van der Waals surface area contributed by atoms with Crippen molar-refractivity contribution in [2.24, 2.45) is 0 Å². The molecular formula is C15H16FNO2S. The van der Waals surface area contributed by atoms with Crippen LogP contribution in [0.5, 0.6) is 0 Å². The summed E-state index contributed by atoms with van der Waals surface area (Å²) in [5, 5.41) is 2.21. The molecule has 0 atom stereocenters. The number of carbonyl (C=O) groups is 1. The maximum atomic E-state index is 13.0. The van der Waals surface area contributed by atoms with Gasteiger partial charge in [0.05, 0.1) is 6.61 Å². The summed E-state index contributed by atoms with van der Waals surface area (Å²) in [6, 6.07) is 5.96. The van der Waals surface area contributed by atoms with E-state index in [4.69, 9.17) is 10.5 Å². The van der Waals surface area contributed by atoms with E-state index >= 15 is 0 Å². The average Bonchev–Trinajstić information content (AvgIpc) is 2.82. The normalized spacial score (nSPS) is 10.5. The Bertz CT molecular complexity index is 592. The van der Waals surface area contributed by atoms with Gasteiger partial charge >= 0.3 is 5.97 Å². The van der Waals surface area contributed by atoms with Gasteiger partial charge in [0.15, 0.2) is 0 Å². The Kier molecular flexibility index (Phi) is 4.74. The van der Waals surface area contributed by atoms with Gasteiger partial charge in [-0.15, -0.1) is 11.3 Å². The average molecular weight is 293 g/mol. The second-order valence-electron chi connectivity index (χ2n) is 4.38. The Hall–Kier alpha value is -1.88. The van der Waals surface area contributed by atoms with E-state index in [9.17, 15) is 9.18 Å². The molecule has 0 aliphatic carbocycles. The van der Waals surface area contributed by atoms with Gasteiger partial charge in [-0.05, 0) is 24.1 Å². The van der Waals surface area contributed by atoms with E-state index in [0.717, 1.165) is 18.4 Å². The number of benzene rings is 1. The monoisotopic (exact) mass is 293 g/mol. The van der Waals surface area contributed by atoms with Gasteiger partial charge in [0, 0.05) is 10.9 Å². The van der Waals surface area contributed by atoms with Crippen molar-refractivity contribution in [3.8, 4) is 11.1 Å². The highest BCUT2D eigenvalue weighted by molar-refractivity contribution is 7.14. The van der Waals surface area contributed by atoms with Gasteiger partial charge in [-0.25, -0.2) is 9.18 Å². The molecule has 2 rings (SSSR count). The second kappa shape index (κ2) is 6.52. The summed E-state index contributed by atoms with van der Waals surface area (Å²) in [5.74, 6) is -0.736. The topological polar surface area (TPSA) is 52.3 Å². The van der Waals surface area contributed by atoms with Crippen LogP contribution in [0.25, 0.3) is 11.1 Å². The van der Waals surface area contributed by atoms with Crippen LogP contribution in [0.4, 0.5) is 9.39 Å². The number of halogens is 1. The fourth-order valence-corrected chi connectivity index (χ4v) is 2.62.